The molecule has 5 nitrogen and oxygen atoms in total. The fraction of sp³-hybridized carbons (Fsp3) is 0. The van der Waals surface area contributed by atoms with E-state index in [1.54, 1.807) is 18.3 Å². The summed E-state index contributed by atoms with van der Waals surface area (Å²) in [5, 5.41) is 3.96. The molecule has 0 radical (unpaired) electrons. The first kappa shape index (κ1) is 14.7. The van der Waals surface area contributed by atoms with Crippen LogP contribution >= 0.6 is 47.8 Å². The van der Waals surface area contributed by atoms with Crippen LogP contribution < -0.4 is 5.73 Å². The van der Waals surface area contributed by atoms with Crippen LogP contribution in [0.3, 0.4) is 0 Å². The molecule has 3 rings (SSSR count). The fourth-order valence-corrected chi connectivity index (χ4v) is 3.43. The second-order valence-corrected chi connectivity index (χ2v) is 6.87. The molecule has 0 saturated heterocycles. The summed E-state index contributed by atoms with van der Waals surface area (Å²) in [6.45, 7) is 0. The van der Waals surface area contributed by atoms with E-state index < -0.39 is 0 Å². The van der Waals surface area contributed by atoms with Crippen molar-refractivity contribution in [1.29, 1.82) is 0 Å². The molecule has 106 valence electrons. The summed E-state index contributed by atoms with van der Waals surface area (Å²) in [4.78, 5) is 8.64. The third-order valence-corrected chi connectivity index (χ3v) is 4.11. The summed E-state index contributed by atoms with van der Waals surface area (Å²) in [6, 6.07) is 7.30. The molecule has 1 aromatic carbocycles. The molecule has 0 spiro atoms. The first-order chi connectivity index (χ1) is 10.0. The van der Waals surface area contributed by atoms with Gasteiger partial charge in [0.15, 0.2) is 0 Å². The summed E-state index contributed by atoms with van der Waals surface area (Å²) < 4.78 is 7.78. The number of aromatic nitrogens is 3. The Balaban J connectivity index is 2.03. The van der Waals surface area contributed by atoms with Crippen molar-refractivity contribution in [3.05, 3.63) is 43.9 Å². The lowest BCUT2D eigenvalue weighted by atomic mass is 10.2. The average Bonchev–Trinajstić information content (AvgIpc) is 2.87. The normalized spacial score (nSPS) is 10.8. The molecule has 2 aromatic heterocycles. The van der Waals surface area contributed by atoms with E-state index >= 15 is 0 Å². The maximum Gasteiger partial charge on any atom is 0.258 e. The summed E-state index contributed by atoms with van der Waals surface area (Å²) in [7, 11) is 0. The van der Waals surface area contributed by atoms with Gasteiger partial charge < -0.3 is 10.3 Å². The van der Waals surface area contributed by atoms with Gasteiger partial charge in [0, 0.05) is 30.9 Å². The number of hydrogen-bond acceptors (Lipinski definition) is 5. The molecule has 8 heteroatoms. The lowest BCUT2D eigenvalue weighted by Gasteiger charge is -1.99. The summed E-state index contributed by atoms with van der Waals surface area (Å²) in [6.07, 6.45) is 1.67. The first-order valence-corrected chi connectivity index (χ1v) is 8.12. The van der Waals surface area contributed by atoms with Crippen LogP contribution in [0, 0.1) is 0 Å². The molecule has 0 aliphatic rings. The second-order valence-electron chi connectivity index (χ2n) is 4.18. The van der Waals surface area contributed by atoms with Crippen LogP contribution in [0.15, 0.2) is 48.4 Å². The van der Waals surface area contributed by atoms with Gasteiger partial charge in [-0.2, -0.15) is 4.98 Å². The van der Waals surface area contributed by atoms with Crippen LogP contribution in [-0.4, -0.2) is 15.1 Å². The second kappa shape index (κ2) is 5.86. The Kier molecular flexibility index (Phi) is 4.10. The number of benzene rings is 1. The number of nitrogens with zero attached hydrogens (tertiary/aromatic N) is 3. The molecule has 3 aromatic rings. The quantitative estimate of drug-likeness (QED) is 0.546. The van der Waals surface area contributed by atoms with Gasteiger partial charge in [0.2, 0.25) is 5.82 Å². The van der Waals surface area contributed by atoms with Gasteiger partial charge in [0.1, 0.15) is 5.69 Å². The van der Waals surface area contributed by atoms with Crippen molar-refractivity contribution in [2.24, 2.45) is 0 Å². The van der Waals surface area contributed by atoms with Crippen LogP contribution in [0.5, 0.6) is 0 Å². The van der Waals surface area contributed by atoms with E-state index in [-0.39, 0.29) is 0 Å². The smallest absolute Gasteiger partial charge is 0.258 e. The first-order valence-electron chi connectivity index (χ1n) is 5.74. The van der Waals surface area contributed by atoms with Gasteiger partial charge in [-0.05, 0) is 56.1 Å². The molecule has 0 aliphatic carbocycles. The van der Waals surface area contributed by atoms with Crippen molar-refractivity contribution in [3.8, 4) is 23.0 Å². The zero-order chi connectivity index (χ0) is 15.0. The van der Waals surface area contributed by atoms with Crippen molar-refractivity contribution in [3.63, 3.8) is 0 Å². The lowest BCUT2D eigenvalue weighted by Crippen LogP contribution is -1.89. The number of nitrogen functional groups attached to an aromatic ring is 1. The van der Waals surface area contributed by atoms with Gasteiger partial charge >= 0.3 is 0 Å². The maximum absolute atomic E-state index is 5.81. The minimum absolute atomic E-state index is 0.384. The van der Waals surface area contributed by atoms with E-state index in [4.69, 9.17) is 10.3 Å². The highest BCUT2D eigenvalue weighted by Gasteiger charge is 2.15. The minimum atomic E-state index is 0.384. The highest BCUT2D eigenvalue weighted by atomic mass is 79.9. The van der Waals surface area contributed by atoms with Crippen molar-refractivity contribution in [2.75, 3.05) is 5.73 Å². The van der Waals surface area contributed by atoms with Crippen LogP contribution in [0.1, 0.15) is 0 Å². The number of anilines is 1. The predicted octanol–water partition coefficient (Wildman–Crippen LogP) is 4.67. The molecule has 0 unspecified atom stereocenters. The third kappa shape index (κ3) is 3.17. The van der Waals surface area contributed by atoms with E-state index in [1.807, 2.05) is 12.1 Å². The number of pyridine rings is 1. The van der Waals surface area contributed by atoms with Gasteiger partial charge in [-0.3, -0.25) is 4.98 Å². The minimum Gasteiger partial charge on any atom is -0.399 e. The van der Waals surface area contributed by atoms with Crippen molar-refractivity contribution in [1.82, 2.24) is 15.1 Å². The zero-order valence-corrected chi connectivity index (χ0v) is 15.1. The lowest BCUT2D eigenvalue weighted by molar-refractivity contribution is 0.432. The molecule has 0 aliphatic heterocycles. The van der Waals surface area contributed by atoms with E-state index in [1.165, 1.54) is 0 Å². The average molecular weight is 475 g/mol. The van der Waals surface area contributed by atoms with E-state index in [2.05, 4.69) is 62.9 Å². The van der Waals surface area contributed by atoms with Crippen LogP contribution in [0.2, 0.25) is 0 Å². The predicted molar refractivity (Wildman–Crippen MR) is 90.5 cm³/mol. The van der Waals surface area contributed by atoms with Gasteiger partial charge in [-0.15, -0.1) is 0 Å². The Morgan fingerprint density at radius 1 is 1.00 bits per heavy atom. The Bertz CT molecular complexity index is 799. The van der Waals surface area contributed by atoms with Gasteiger partial charge in [0.05, 0.1) is 0 Å². The van der Waals surface area contributed by atoms with Crippen LogP contribution in [0.25, 0.3) is 23.0 Å². The number of hydrogen-bond donors (Lipinski definition) is 1. The Hall–Kier alpha value is -1.25. The Labute approximate surface area is 145 Å². The topological polar surface area (TPSA) is 77.8 Å². The molecule has 0 saturated carbocycles. The largest absolute Gasteiger partial charge is 0.399 e. The Morgan fingerprint density at radius 3 is 2.52 bits per heavy atom. The number of nitrogens with two attached hydrogens (primary N) is 1. The summed E-state index contributed by atoms with van der Waals surface area (Å²) >= 11 is 10.2. The van der Waals surface area contributed by atoms with Crippen molar-refractivity contribution in [2.45, 2.75) is 0 Å². The fourth-order valence-electron chi connectivity index (χ4n) is 1.75. The SMILES string of the molecule is Nc1cc(Br)cc(-c2nc(-c3ncc(Br)cc3Br)no2)c1. The molecule has 0 bridgehead atoms. The van der Waals surface area contributed by atoms with E-state index in [0.29, 0.717) is 23.1 Å². The van der Waals surface area contributed by atoms with Crippen LogP contribution in [-0.2, 0) is 0 Å². The molecular formula is C13H7Br3N4O. The van der Waals surface area contributed by atoms with Gasteiger partial charge in [-0.25, -0.2) is 0 Å². The molecule has 0 atom stereocenters. The van der Waals surface area contributed by atoms with Crippen molar-refractivity contribution < 1.29 is 4.52 Å². The van der Waals surface area contributed by atoms with Crippen molar-refractivity contribution >= 4 is 53.5 Å². The maximum atomic E-state index is 5.81. The molecule has 21 heavy (non-hydrogen) atoms. The van der Waals surface area contributed by atoms with Crippen LogP contribution in [0.4, 0.5) is 5.69 Å². The third-order valence-electron chi connectivity index (χ3n) is 2.61. The van der Waals surface area contributed by atoms with E-state index in [0.717, 1.165) is 19.0 Å². The molecule has 0 fully saturated rings. The zero-order valence-electron chi connectivity index (χ0n) is 10.3. The molecular weight excluding hydrogens is 468 g/mol. The molecule has 2 heterocycles. The molecule has 2 N–H and O–H groups in total. The van der Waals surface area contributed by atoms with Gasteiger partial charge in [-0.1, -0.05) is 21.1 Å². The van der Waals surface area contributed by atoms with E-state index in [9.17, 15) is 0 Å². The summed E-state index contributed by atoms with van der Waals surface area (Å²) in [5.74, 6) is 0.789. The highest BCUT2D eigenvalue weighted by Crippen LogP contribution is 2.30. The monoisotopic (exact) mass is 472 g/mol. The number of halogens is 3. The molecule has 0 amide bonds. The number of rotatable bonds is 2. The van der Waals surface area contributed by atoms with Gasteiger partial charge in [0.25, 0.3) is 5.89 Å². The standard InChI is InChI=1S/C13H7Br3N4O/c14-7-1-6(2-9(17)3-7)13-19-12(20-21-13)11-10(16)4-8(15)5-18-11/h1-5H,17H2. The Morgan fingerprint density at radius 2 is 1.81 bits per heavy atom. The summed E-state index contributed by atoms with van der Waals surface area (Å²) in [5.41, 5.74) is 7.78. The highest BCUT2D eigenvalue weighted by molar-refractivity contribution is 9.11.